The number of nitrogens with zero attached hydrogens (tertiary/aromatic N) is 3. The van der Waals surface area contributed by atoms with Crippen LogP contribution in [-0.4, -0.2) is 92.4 Å². The number of carbonyl (C=O) groups excluding carboxylic acids is 2. The van der Waals surface area contributed by atoms with E-state index in [2.05, 4.69) is 5.32 Å². The highest BCUT2D eigenvalue weighted by Crippen LogP contribution is 2.12. The van der Waals surface area contributed by atoms with E-state index >= 15 is 0 Å². The number of rotatable bonds is 10. The quantitative estimate of drug-likeness (QED) is 0.564. The summed E-state index contributed by atoms with van der Waals surface area (Å²) in [5.41, 5.74) is 2.05. The average molecular weight is 451 g/mol. The molecule has 3 rings (SSSR count). The Labute approximate surface area is 185 Å². The Morgan fingerprint density at radius 1 is 1.10 bits per heavy atom. The van der Waals surface area contributed by atoms with Crippen molar-refractivity contribution in [3.05, 3.63) is 35.4 Å². The van der Waals surface area contributed by atoms with Crippen LogP contribution in [0.15, 0.2) is 24.3 Å². The standard InChI is InChI=1S/C22H34N4O4S/c1-19-5-7-20(8-6-19)18-22(28)25(13-3-12-24-11-2-4-21(24)27)16-17-31(29,30)26-14-9-23-10-15-26/h5-8,23H,2-4,9-18H2,1H3. The molecule has 0 aliphatic carbocycles. The Kier molecular flexibility index (Phi) is 8.45. The predicted octanol–water partition coefficient (Wildman–Crippen LogP) is 0.614. The molecule has 0 aromatic heterocycles. The monoisotopic (exact) mass is 450 g/mol. The van der Waals surface area contributed by atoms with E-state index < -0.39 is 10.0 Å². The zero-order valence-electron chi connectivity index (χ0n) is 18.4. The minimum atomic E-state index is -3.40. The second kappa shape index (κ2) is 11.1. The van der Waals surface area contributed by atoms with E-state index in [1.165, 1.54) is 4.31 Å². The molecule has 2 heterocycles. The topological polar surface area (TPSA) is 90.0 Å². The van der Waals surface area contributed by atoms with Crippen LogP contribution < -0.4 is 5.32 Å². The normalized spacial score (nSPS) is 17.8. The summed E-state index contributed by atoms with van der Waals surface area (Å²) in [6.45, 7) is 6.24. The summed E-state index contributed by atoms with van der Waals surface area (Å²) in [5.74, 6) is 0.0147. The van der Waals surface area contributed by atoms with Crippen molar-refractivity contribution < 1.29 is 18.0 Å². The van der Waals surface area contributed by atoms with Crippen molar-refractivity contribution in [3.63, 3.8) is 0 Å². The maximum absolute atomic E-state index is 13.0. The van der Waals surface area contributed by atoms with Crippen molar-refractivity contribution in [2.75, 3.05) is 58.1 Å². The van der Waals surface area contributed by atoms with Gasteiger partial charge in [0.2, 0.25) is 21.8 Å². The van der Waals surface area contributed by atoms with Crippen molar-refractivity contribution in [1.82, 2.24) is 19.4 Å². The van der Waals surface area contributed by atoms with E-state index in [0.717, 1.165) is 24.1 Å². The van der Waals surface area contributed by atoms with E-state index in [4.69, 9.17) is 0 Å². The summed E-state index contributed by atoms with van der Waals surface area (Å²) in [6.07, 6.45) is 2.38. The van der Waals surface area contributed by atoms with Gasteiger partial charge in [0.15, 0.2) is 0 Å². The average Bonchev–Trinajstić information content (AvgIpc) is 3.17. The number of aryl methyl sites for hydroxylation is 1. The molecule has 172 valence electrons. The maximum Gasteiger partial charge on any atom is 0.227 e. The number of hydrogen-bond donors (Lipinski definition) is 1. The Morgan fingerprint density at radius 3 is 2.45 bits per heavy atom. The number of benzene rings is 1. The minimum Gasteiger partial charge on any atom is -0.343 e. The minimum absolute atomic E-state index is 0.0741. The van der Waals surface area contributed by atoms with Gasteiger partial charge in [-0.05, 0) is 25.3 Å². The fourth-order valence-electron chi connectivity index (χ4n) is 4.02. The first-order valence-electron chi connectivity index (χ1n) is 11.1. The van der Waals surface area contributed by atoms with Gasteiger partial charge in [-0.1, -0.05) is 29.8 Å². The SMILES string of the molecule is Cc1ccc(CC(=O)N(CCCN2CCCC2=O)CCS(=O)(=O)N2CCNCC2)cc1. The molecule has 1 aromatic rings. The van der Waals surface area contributed by atoms with Gasteiger partial charge in [-0.3, -0.25) is 9.59 Å². The third-order valence-corrected chi connectivity index (χ3v) is 7.80. The number of nitrogens with one attached hydrogen (secondary N) is 1. The third-order valence-electron chi connectivity index (χ3n) is 5.94. The lowest BCUT2D eigenvalue weighted by Crippen LogP contribution is -2.48. The Bertz CT molecular complexity index is 851. The van der Waals surface area contributed by atoms with E-state index in [1.807, 2.05) is 36.1 Å². The van der Waals surface area contributed by atoms with Crippen LogP contribution in [0.25, 0.3) is 0 Å². The van der Waals surface area contributed by atoms with Crippen LogP contribution in [0.5, 0.6) is 0 Å². The fraction of sp³-hybridized carbons (Fsp3) is 0.636. The third kappa shape index (κ3) is 7.02. The Morgan fingerprint density at radius 2 is 1.81 bits per heavy atom. The van der Waals surface area contributed by atoms with Crippen LogP contribution in [0.2, 0.25) is 0 Å². The van der Waals surface area contributed by atoms with Gasteiger partial charge in [0.1, 0.15) is 0 Å². The molecule has 9 heteroatoms. The second-order valence-electron chi connectivity index (χ2n) is 8.35. The van der Waals surface area contributed by atoms with Gasteiger partial charge in [-0.25, -0.2) is 8.42 Å². The number of piperazine rings is 1. The lowest BCUT2D eigenvalue weighted by Gasteiger charge is -2.29. The molecule has 0 unspecified atom stereocenters. The lowest BCUT2D eigenvalue weighted by molar-refractivity contribution is -0.130. The zero-order valence-corrected chi connectivity index (χ0v) is 19.2. The van der Waals surface area contributed by atoms with Gasteiger partial charge >= 0.3 is 0 Å². The molecule has 0 radical (unpaired) electrons. The number of hydrogen-bond acceptors (Lipinski definition) is 5. The molecule has 2 amide bonds. The summed E-state index contributed by atoms with van der Waals surface area (Å²) in [7, 11) is -3.40. The van der Waals surface area contributed by atoms with Crippen molar-refractivity contribution in [1.29, 1.82) is 0 Å². The molecular weight excluding hydrogens is 416 g/mol. The molecule has 0 atom stereocenters. The first kappa shape index (κ1) is 23.7. The van der Waals surface area contributed by atoms with Gasteiger partial charge in [0.05, 0.1) is 12.2 Å². The number of likely N-dealkylation sites (tertiary alicyclic amines) is 1. The van der Waals surface area contributed by atoms with Crippen LogP contribution >= 0.6 is 0 Å². The number of carbonyl (C=O) groups is 2. The zero-order chi connectivity index (χ0) is 22.3. The van der Waals surface area contributed by atoms with Crippen molar-refractivity contribution in [3.8, 4) is 0 Å². The predicted molar refractivity (Wildman–Crippen MR) is 120 cm³/mol. The van der Waals surface area contributed by atoms with Crippen LogP contribution in [0.1, 0.15) is 30.4 Å². The summed E-state index contributed by atoms with van der Waals surface area (Å²) >= 11 is 0. The van der Waals surface area contributed by atoms with E-state index in [-0.39, 0.29) is 30.5 Å². The van der Waals surface area contributed by atoms with Crippen LogP contribution in [0, 0.1) is 6.92 Å². The molecule has 2 saturated heterocycles. The highest BCUT2D eigenvalue weighted by atomic mass is 32.2. The van der Waals surface area contributed by atoms with Gasteiger partial charge in [0.25, 0.3) is 0 Å². The van der Waals surface area contributed by atoms with E-state index in [0.29, 0.717) is 52.1 Å². The Hall–Kier alpha value is -1.97. The molecule has 2 aliphatic heterocycles. The van der Waals surface area contributed by atoms with Crippen LogP contribution in [-0.2, 0) is 26.0 Å². The van der Waals surface area contributed by atoms with Crippen LogP contribution in [0.3, 0.4) is 0 Å². The van der Waals surface area contributed by atoms with Crippen molar-refractivity contribution in [2.24, 2.45) is 0 Å². The first-order chi connectivity index (χ1) is 14.8. The van der Waals surface area contributed by atoms with E-state index in [1.54, 1.807) is 4.90 Å². The largest absolute Gasteiger partial charge is 0.343 e. The molecule has 0 spiro atoms. The summed E-state index contributed by atoms with van der Waals surface area (Å²) in [4.78, 5) is 28.3. The number of sulfonamides is 1. The summed E-state index contributed by atoms with van der Waals surface area (Å²) < 4.78 is 27.0. The number of amides is 2. The molecule has 1 aromatic carbocycles. The molecule has 0 bridgehead atoms. The summed E-state index contributed by atoms with van der Waals surface area (Å²) in [5, 5.41) is 3.16. The molecule has 2 aliphatic rings. The highest BCUT2D eigenvalue weighted by molar-refractivity contribution is 7.89. The maximum atomic E-state index is 13.0. The molecule has 8 nitrogen and oxygen atoms in total. The van der Waals surface area contributed by atoms with Gasteiger partial charge in [0, 0.05) is 58.8 Å². The van der Waals surface area contributed by atoms with Gasteiger partial charge in [-0.2, -0.15) is 4.31 Å². The highest BCUT2D eigenvalue weighted by Gasteiger charge is 2.26. The van der Waals surface area contributed by atoms with Crippen LogP contribution in [0.4, 0.5) is 0 Å². The van der Waals surface area contributed by atoms with Gasteiger partial charge < -0.3 is 15.1 Å². The van der Waals surface area contributed by atoms with Crippen molar-refractivity contribution >= 4 is 21.8 Å². The fourth-order valence-corrected chi connectivity index (χ4v) is 5.47. The van der Waals surface area contributed by atoms with Crippen molar-refractivity contribution in [2.45, 2.75) is 32.6 Å². The molecule has 31 heavy (non-hydrogen) atoms. The van der Waals surface area contributed by atoms with E-state index in [9.17, 15) is 18.0 Å². The Balaban J connectivity index is 1.60. The molecular formula is C22H34N4O4S. The smallest absolute Gasteiger partial charge is 0.227 e. The summed E-state index contributed by atoms with van der Waals surface area (Å²) in [6, 6.07) is 7.82. The molecule has 0 saturated carbocycles. The first-order valence-corrected chi connectivity index (χ1v) is 12.8. The molecule has 2 fully saturated rings. The molecule has 1 N–H and O–H groups in total. The lowest BCUT2D eigenvalue weighted by atomic mass is 10.1. The van der Waals surface area contributed by atoms with Gasteiger partial charge in [-0.15, -0.1) is 0 Å². The second-order valence-corrected chi connectivity index (χ2v) is 10.4.